The van der Waals surface area contributed by atoms with E-state index in [1.165, 1.54) is 0 Å². The van der Waals surface area contributed by atoms with Gasteiger partial charge in [0.2, 0.25) is 12.7 Å². The van der Waals surface area contributed by atoms with Crippen molar-refractivity contribution < 1.29 is 48.3 Å². The first-order valence-electron chi connectivity index (χ1n) is 14.7. The maximum Gasteiger partial charge on any atom is 0.328 e. The summed E-state index contributed by atoms with van der Waals surface area (Å²) < 4.78 is 27.5. The Hall–Kier alpha value is -4.88. The molecule has 3 aromatic carbocycles. The minimum absolute atomic E-state index is 0.00601. The second-order valence-electron chi connectivity index (χ2n) is 10.7. The number of thioether (sulfide) groups is 1. The Morgan fingerprint density at radius 1 is 0.957 bits per heavy atom. The van der Waals surface area contributed by atoms with E-state index >= 15 is 0 Å². The van der Waals surface area contributed by atoms with Crippen molar-refractivity contribution in [2.75, 3.05) is 59.2 Å². The van der Waals surface area contributed by atoms with E-state index in [0.29, 0.717) is 42.6 Å². The first kappa shape index (κ1) is 35.0. The number of amides is 1. The first-order valence-corrected chi connectivity index (χ1v) is 15.6. The van der Waals surface area contributed by atoms with Crippen LogP contribution >= 0.6 is 11.8 Å². The van der Waals surface area contributed by atoms with Gasteiger partial charge in [-0.3, -0.25) is 4.79 Å². The predicted molar refractivity (Wildman–Crippen MR) is 176 cm³/mol. The number of likely N-dealkylation sites (N-methyl/N-ethyl adjacent to an activating group) is 2. The van der Waals surface area contributed by atoms with Gasteiger partial charge in [0.15, 0.2) is 11.5 Å². The van der Waals surface area contributed by atoms with Gasteiger partial charge in [0, 0.05) is 48.8 Å². The summed E-state index contributed by atoms with van der Waals surface area (Å²) in [7, 11) is 5.52. The Bertz CT molecular complexity index is 1600. The van der Waals surface area contributed by atoms with Crippen LogP contribution in [0.4, 0.5) is 5.69 Å². The average molecular weight is 667 g/mol. The predicted octanol–water partition coefficient (Wildman–Crippen LogP) is 4.90. The van der Waals surface area contributed by atoms with Crippen LogP contribution in [0.1, 0.15) is 18.9 Å². The minimum atomic E-state index is -1.26. The molecule has 0 spiro atoms. The van der Waals surface area contributed by atoms with Crippen LogP contribution in [0.25, 0.3) is 0 Å². The summed E-state index contributed by atoms with van der Waals surface area (Å²) in [5.74, 6) is 1.10. The van der Waals surface area contributed by atoms with Crippen molar-refractivity contribution in [3.8, 4) is 28.7 Å². The summed E-state index contributed by atoms with van der Waals surface area (Å²) in [6.07, 6.45) is 1.94. The van der Waals surface area contributed by atoms with Crippen LogP contribution in [0.2, 0.25) is 0 Å². The van der Waals surface area contributed by atoms with Gasteiger partial charge in [-0.1, -0.05) is 12.1 Å². The smallest absolute Gasteiger partial charge is 0.328 e. The molecule has 0 aromatic heterocycles. The van der Waals surface area contributed by atoms with Crippen molar-refractivity contribution in [1.29, 1.82) is 0 Å². The molecule has 2 aliphatic rings. The van der Waals surface area contributed by atoms with Crippen LogP contribution < -0.4 is 28.6 Å². The molecular formula is C34H38N2O10S. The zero-order valence-corrected chi connectivity index (χ0v) is 27.5. The molecule has 13 heteroatoms. The third kappa shape index (κ3) is 9.11. The zero-order chi connectivity index (χ0) is 34.0. The number of hydrogen-bond donors (Lipinski definition) is 2. The Balaban J connectivity index is 0.000000555. The number of rotatable bonds is 13. The molecule has 0 bridgehead atoms. The van der Waals surface area contributed by atoms with E-state index in [1.54, 1.807) is 23.8 Å². The standard InChI is InChI=1S/C30H34N2O6S.C4H4O4/c1-30(29(33)32(3)24-8-5-6-9-28(24)39-30)23-18-21(34-4)10-12-25(23)36-16-7-14-31(2)15-17-35-22-11-13-26-27(19-22)38-20-37-26;5-3(6)1-2-4(7)8/h5-6,8-13,18-19H,7,14-17,20H2,1-4H3;1-2H,(H,5,6)(H,7,8)/b;2-1+. The number of carboxylic acids is 2. The molecule has 250 valence electrons. The Morgan fingerprint density at radius 3 is 2.38 bits per heavy atom. The third-order valence-electron chi connectivity index (χ3n) is 7.35. The molecule has 0 fully saturated rings. The van der Waals surface area contributed by atoms with E-state index in [1.807, 2.05) is 74.6 Å². The lowest BCUT2D eigenvalue weighted by Gasteiger charge is -2.39. The monoisotopic (exact) mass is 666 g/mol. The molecule has 47 heavy (non-hydrogen) atoms. The molecule has 1 atom stereocenters. The number of anilines is 1. The second-order valence-corrected chi connectivity index (χ2v) is 12.2. The van der Waals surface area contributed by atoms with Gasteiger partial charge in [-0.2, -0.15) is 0 Å². The van der Waals surface area contributed by atoms with Crippen molar-refractivity contribution in [2.45, 2.75) is 23.0 Å². The van der Waals surface area contributed by atoms with E-state index < -0.39 is 16.7 Å². The molecule has 0 radical (unpaired) electrons. The lowest BCUT2D eigenvalue weighted by molar-refractivity contribution is -0.134. The number of fused-ring (bicyclic) bond motifs is 2. The molecule has 5 rings (SSSR count). The number of aliphatic carboxylic acids is 2. The quantitative estimate of drug-likeness (QED) is 0.189. The highest BCUT2D eigenvalue weighted by Gasteiger charge is 2.45. The van der Waals surface area contributed by atoms with Crippen molar-refractivity contribution in [3.05, 3.63) is 78.4 Å². The van der Waals surface area contributed by atoms with Crippen LogP contribution in [0.15, 0.2) is 77.7 Å². The Labute approximate surface area is 277 Å². The van der Waals surface area contributed by atoms with Crippen LogP contribution in [0, 0.1) is 0 Å². The molecule has 0 saturated carbocycles. The maximum atomic E-state index is 13.6. The van der Waals surface area contributed by atoms with Gasteiger partial charge in [0.05, 0.1) is 19.4 Å². The Kier molecular flexibility index (Phi) is 12.0. The first-order chi connectivity index (χ1) is 22.5. The molecule has 1 unspecified atom stereocenters. The third-order valence-corrected chi connectivity index (χ3v) is 8.72. The maximum absolute atomic E-state index is 13.6. The van der Waals surface area contributed by atoms with Crippen LogP contribution in [-0.2, 0) is 19.1 Å². The summed E-state index contributed by atoms with van der Waals surface area (Å²) in [4.78, 5) is 37.7. The number of hydrogen-bond acceptors (Lipinski definition) is 10. The molecule has 2 aliphatic heterocycles. The topological polar surface area (TPSA) is 144 Å². The lowest BCUT2D eigenvalue weighted by Crippen LogP contribution is -2.44. The Morgan fingerprint density at radius 2 is 1.66 bits per heavy atom. The van der Waals surface area contributed by atoms with Crippen LogP contribution in [0.3, 0.4) is 0 Å². The van der Waals surface area contributed by atoms with Crippen molar-refractivity contribution in [2.24, 2.45) is 0 Å². The SMILES string of the molecule is COc1ccc(OCCCN(C)CCOc2ccc3c(c2)OCO3)c(C2(C)Sc3ccccc3N(C)C2=O)c1.O=C(O)/C=C/C(=O)O. The van der Waals surface area contributed by atoms with Crippen LogP contribution in [0.5, 0.6) is 28.7 Å². The van der Waals surface area contributed by atoms with Crippen molar-refractivity contribution in [1.82, 2.24) is 4.90 Å². The van der Waals surface area contributed by atoms with E-state index in [0.717, 1.165) is 47.2 Å². The summed E-state index contributed by atoms with van der Waals surface area (Å²) in [6.45, 7) is 4.91. The molecule has 3 aromatic rings. The summed E-state index contributed by atoms with van der Waals surface area (Å²) in [6, 6.07) is 19.3. The van der Waals surface area contributed by atoms with Gasteiger partial charge in [0.1, 0.15) is 28.6 Å². The van der Waals surface area contributed by atoms with Gasteiger partial charge in [-0.05, 0) is 62.9 Å². The molecule has 0 saturated heterocycles. The highest BCUT2D eigenvalue weighted by molar-refractivity contribution is 8.01. The fraction of sp³-hybridized carbons (Fsp3) is 0.324. The molecule has 0 aliphatic carbocycles. The molecular weight excluding hydrogens is 628 g/mol. The van der Waals surface area contributed by atoms with Gasteiger partial charge in [-0.25, -0.2) is 9.59 Å². The van der Waals surface area contributed by atoms with Gasteiger partial charge < -0.3 is 43.7 Å². The van der Waals surface area contributed by atoms with Gasteiger partial charge >= 0.3 is 11.9 Å². The number of para-hydroxylation sites is 1. The number of carbonyl (C=O) groups excluding carboxylic acids is 1. The largest absolute Gasteiger partial charge is 0.497 e. The molecule has 2 N–H and O–H groups in total. The molecule has 1 amide bonds. The molecule has 12 nitrogen and oxygen atoms in total. The van der Waals surface area contributed by atoms with Crippen molar-refractivity contribution >= 4 is 35.3 Å². The fourth-order valence-corrected chi connectivity index (χ4v) is 6.27. The average Bonchev–Trinajstić information content (AvgIpc) is 3.53. The van der Waals surface area contributed by atoms with Gasteiger partial charge in [-0.15, -0.1) is 11.8 Å². The lowest BCUT2D eigenvalue weighted by atomic mass is 9.96. The van der Waals surface area contributed by atoms with Gasteiger partial charge in [0.25, 0.3) is 0 Å². The van der Waals surface area contributed by atoms with E-state index in [9.17, 15) is 14.4 Å². The zero-order valence-electron chi connectivity index (χ0n) is 26.6. The van der Waals surface area contributed by atoms with Crippen LogP contribution in [-0.4, -0.2) is 87.3 Å². The number of carboxylic acid groups (broad SMARTS) is 2. The highest BCUT2D eigenvalue weighted by atomic mass is 32.2. The normalized spacial score (nSPS) is 16.4. The summed E-state index contributed by atoms with van der Waals surface area (Å²) in [5.41, 5.74) is 1.73. The second kappa shape index (κ2) is 16.1. The number of ether oxygens (including phenoxy) is 5. The highest BCUT2D eigenvalue weighted by Crippen LogP contribution is 2.52. The minimum Gasteiger partial charge on any atom is -0.497 e. The van der Waals surface area contributed by atoms with E-state index in [-0.39, 0.29) is 12.7 Å². The van der Waals surface area contributed by atoms with Crippen molar-refractivity contribution in [3.63, 3.8) is 0 Å². The summed E-state index contributed by atoms with van der Waals surface area (Å²) >= 11 is 1.55. The summed E-state index contributed by atoms with van der Waals surface area (Å²) in [5, 5.41) is 15.6. The number of methoxy groups -OCH3 is 1. The molecule has 2 heterocycles. The number of nitrogens with zero attached hydrogens (tertiary/aromatic N) is 2. The fourth-order valence-electron chi connectivity index (χ4n) is 4.88. The van der Waals surface area contributed by atoms with E-state index in [4.69, 9.17) is 33.9 Å². The van der Waals surface area contributed by atoms with E-state index in [2.05, 4.69) is 11.9 Å². The number of benzene rings is 3. The number of carbonyl (C=O) groups is 3.